The predicted molar refractivity (Wildman–Crippen MR) is 88.6 cm³/mol. The first-order chi connectivity index (χ1) is 11.7. The molecule has 3 N–H and O–H groups in total. The highest BCUT2D eigenvalue weighted by Gasteiger charge is 2.41. The lowest BCUT2D eigenvalue weighted by Gasteiger charge is -2.26. The smallest absolute Gasteiger partial charge is 0.320 e. The Kier molecular flexibility index (Phi) is 7.38. The number of esters is 2. The van der Waals surface area contributed by atoms with Gasteiger partial charge in [0.05, 0.1) is 24.8 Å². The maximum atomic E-state index is 12.4. The third-order valence-electron chi connectivity index (χ3n) is 3.67. The summed E-state index contributed by atoms with van der Waals surface area (Å²) in [4.78, 5) is 47.9. The van der Waals surface area contributed by atoms with E-state index < -0.39 is 41.6 Å². The highest BCUT2D eigenvalue weighted by molar-refractivity contribution is 6.33. The minimum absolute atomic E-state index is 0.121. The highest BCUT2D eigenvalue weighted by Crippen LogP contribution is 2.21. The molecule has 1 aromatic carbocycles. The number of hydrogen-bond donors (Lipinski definition) is 2. The zero-order valence-corrected chi connectivity index (χ0v) is 14.7. The van der Waals surface area contributed by atoms with Gasteiger partial charge < -0.3 is 20.5 Å². The molecule has 0 saturated heterocycles. The molecule has 0 heterocycles. The van der Waals surface area contributed by atoms with Crippen LogP contribution in [0.5, 0.6) is 0 Å². The maximum Gasteiger partial charge on any atom is 0.320 e. The minimum Gasteiger partial charge on any atom is -0.468 e. The van der Waals surface area contributed by atoms with Gasteiger partial charge in [-0.25, -0.2) is 0 Å². The molecular formula is C16H19ClN2O6. The number of benzene rings is 1. The SMILES string of the molecule is COC(=O)C(C(=O)OC)[C@H](C)[C@@H](NC(=O)c1ccccc1Cl)C(N)=O. The van der Waals surface area contributed by atoms with E-state index in [0.29, 0.717) is 0 Å². The van der Waals surface area contributed by atoms with Crippen molar-refractivity contribution in [2.75, 3.05) is 14.2 Å². The van der Waals surface area contributed by atoms with Crippen molar-refractivity contribution in [2.45, 2.75) is 13.0 Å². The molecule has 1 aromatic rings. The molecule has 2 amide bonds. The second-order valence-corrected chi connectivity index (χ2v) is 5.62. The molecule has 25 heavy (non-hydrogen) atoms. The molecule has 0 bridgehead atoms. The van der Waals surface area contributed by atoms with Gasteiger partial charge in [-0.1, -0.05) is 30.7 Å². The number of halogens is 1. The number of rotatable bonds is 7. The Labute approximate surface area is 149 Å². The van der Waals surface area contributed by atoms with E-state index >= 15 is 0 Å². The average Bonchev–Trinajstić information content (AvgIpc) is 2.58. The lowest BCUT2D eigenvalue weighted by Crippen LogP contribution is -2.52. The number of methoxy groups -OCH3 is 2. The zero-order chi connectivity index (χ0) is 19.1. The van der Waals surface area contributed by atoms with Gasteiger partial charge in [-0.15, -0.1) is 0 Å². The Hall–Kier alpha value is -2.61. The fraction of sp³-hybridized carbons (Fsp3) is 0.375. The monoisotopic (exact) mass is 370 g/mol. The molecule has 0 saturated carbocycles. The van der Waals surface area contributed by atoms with Crippen LogP contribution in [-0.2, 0) is 23.9 Å². The van der Waals surface area contributed by atoms with Crippen LogP contribution in [0.3, 0.4) is 0 Å². The summed E-state index contributed by atoms with van der Waals surface area (Å²) in [7, 11) is 2.18. The van der Waals surface area contributed by atoms with E-state index in [9.17, 15) is 19.2 Å². The van der Waals surface area contributed by atoms with Crippen molar-refractivity contribution in [1.29, 1.82) is 0 Å². The summed E-state index contributed by atoms with van der Waals surface area (Å²) in [6.07, 6.45) is 0. The van der Waals surface area contributed by atoms with Crippen LogP contribution in [0.25, 0.3) is 0 Å². The van der Waals surface area contributed by atoms with Crippen molar-refractivity contribution in [3.63, 3.8) is 0 Å². The molecule has 0 fully saturated rings. The lowest BCUT2D eigenvalue weighted by molar-refractivity contribution is -0.161. The van der Waals surface area contributed by atoms with Crippen LogP contribution < -0.4 is 11.1 Å². The number of amides is 2. The molecular weight excluding hydrogens is 352 g/mol. The Morgan fingerprint density at radius 2 is 1.60 bits per heavy atom. The summed E-state index contributed by atoms with van der Waals surface area (Å²) in [5, 5.41) is 2.57. The van der Waals surface area contributed by atoms with Gasteiger partial charge in [0.2, 0.25) is 5.91 Å². The number of carbonyl (C=O) groups excluding carboxylic acids is 4. The molecule has 0 aliphatic heterocycles. The number of carbonyl (C=O) groups is 4. The van der Waals surface area contributed by atoms with Crippen molar-refractivity contribution in [2.24, 2.45) is 17.6 Å². The van der Waals surface area contributed by atoms with Crippen molar-refractivity contribution in [3.8, 4) is 0 Å². The summed E-state index contributed by atoms with van der Waals surface area (Å²) in [6.45, 7) is 1.40. The molecule has 0 aromatic heterocycles. The van der Waals surface area contributed by atoms with Gasteiger partial charge in [-0.3, -0.25) is 19.2 Å². The number of nitrogens with two attached hydrogens (primary N) is 1. The van der Waals surface area contributed by atoms with Crippen LogP contribution in [0.2, 0.25) is 5.02 Å². The highest BCUT2D eigenvalue weighted by atomic mass is 35.5. The third-order valence-corrected chi connectivity index (χ3v) is 4.00. The normalized spacial score (nSPS) is 12.8. The fourth-order valence-electron chi connectivity index (χ4n) is 2.30. The van der Waals surface area contributed by atoms with Crippen molar-refractivity contribution in [1.82, 2.24) is 5.32 Å². The van der Waals surface area contributed by atoms with Crippen LogP contribution in [0.4, 0.5) is 0 Å². The summed E-state index contributed by atoms with van der Waals surface area (Å²) in [6, 6.07) is 4.86. The Morgan fingerprint density at radius 1 is 1.08 bits per heavy atom. The molecule has 1 rings (SSSR count). The first-order valence-electron chi connectivity index (χ1n) is 7.24. The molecule has 0 aliphatic rings. The Morgan fingerprint density at radius 3 is 2.04 bits per heavy atom. The molecule has 9 heteroatoms. The summed E-state index contributed by atoms with van der Waals surface area (Å²) in [5.74, 6) is -5.85. The van der Waals surface area contributed by atoms with Gasteiger partial charge in [0.25, 0.3) is 5.91 Å². The molecule has 0 spiro atoms. The number of nitrogens with one attached hydrogen (secondary N) is 1. The third kappa shape index (κ3) is 4.93. The van der Waals surface area contributed by atoms with Crippen molar-refractivity contribution >= 4 is 35.4 Å². The molecule has 0 unspecified atom stereocenters. The van der Waals surface area contributed by atoms with Crippen LogP contribution in [0, 0.1) is 11.8 Å². The predicted octanol–water partition coefficient (Wildman–Crippen LogP) is 0.522. The van der Waals surface area contributed by atoms with Crippen LogP contribution in [0.1, 0.15) is 17.3 Å². The molecule has 136 valence electrons. The van der Waals surface area contributed by atoms with Gasteiger partial charge in [0.1, 0.15) is 6.04 Å². The van der Waals surface area contributed by atoms with Crippen LogP contribution in [-0.4, -0.2) is 44.0 Å². The summed E-state index contributed by atoms with van der Waals surface area (Å²) < 4.78 is 9.14. The van der Waals surface area contributed by atoms with E-state index in [-0.39, 0.29) is 10.6 Å². The van der Waals surface area contributed by atoms with E-state index in [1.54, 1.807) is 12.1 Å². The molecule has 8 nitrogen and oxygen atoms in total. The fourth-order valence-corrected chi connectivity index (χ4v) is 2.52. The van der Waals surface area contributed by atoms with Crippen LogP contribution in [0.15, 0.2) is 24.3 Å². The van der Waals surface area contributed by atoms with Crippen molar-refractivity contribution in [3.05, 3.63) is 34.9 Å². The van der Waals surface area contributed by atoms with E-state index in [2.05, 4.69) is 14.8 Å². The van der Waals surface area contributed by atoms with Gasteiger partial charge in [0, 0.05) is 5.92 Å². The van der Waals surface area contributed by atoms with Gasteiger partial charge in [0.15, 0.2) is 5.92 Å². The van der Waals surface area contributed by atoms with Gasteiger partial charge >= 0.3 is 11.9 Å². The number of primary amides is 1. The first kappa shape index (κ1) is 20.4. The van der Waals surface area contributed by atoms with E-state index in [0.717, 1.165) is 14.2 Å². The van der Waals surface area contributed by atoms with E-state index in [1.165, 1.54) is 19.1 Å². The molecule has 0 aliphatic carbocycles. The average molecular weight is 371 g/mol. The largest absolute Gasteiger partial charge is 0.468 e. The van der Waals surface area contributed by atoms with Crippen molar-refractivity contribution < 1.29 is 28.7 Å². The zero-order valence-electron chi connectivity index (χ0n) is 13.9. The minimum atomic E-state index is -1.43. The second kappa shape index (κ2) is 9.03. The molecule has 0 radical (unpaired) electrons. The quantitative estimate of drug-likeness (QED) is 0.532. The summed E-state index contributed by atoms with van der Waals surface area (Å²) in [5.41, 5.74) is 5.45. The standard InChI is InChI=1S/C16H19ClN2O6/c1-8(11(15(22)24-2)16(23)25-3)12(13(18)20)19-14(21)9-6-4-5-7-10(9)17/h4-8,11-12H,1-3H3,(H2,18,20)(H,19,21)/t8-,12+/m0/s1. The van der Waals surface area contributed by atoms with E-state index in [4.69, 9.17) is 17.3 Å². The van der Waals surface area contributed by atoms with Crippen LogP contribution >= 0.6 is 11.6 Å². The number of hydrogen-bond acceptors (Lipinski definition) is 6. The topological polar surface area (TPSA) is 125 Å². The Bertz CT molecular complexity index is 662. The second-order valence-electron chi connectivity index (χ2n) is 5.22. The maximum absolute atomic E-state index is 12.4. The van der Waals surface area contributed by atoms with E-state index in [1.807, 2.05) is 0 Å². The summed E-state index contributed by atoms with van der Waals surface area (Å²) >= 11 is 5.94. The first-order valence-corrected chi connectivity index (χ1v) is 7.62. The molecule has 2 atom stereocenters. The Balaban J connectivity index is 3.11. The van der Waals surface area contributed by atoms with Gasteiger partial charge in [-0.05, 0) is 12.1 Å². The lowest BCUT2D eigenvalue weighted by atomic mass is 9.86. The number of ether oxygens (including phenoxy) is 2. The van der Waals surface area contributed by atoms with Gasteiger partial charge in [-0.2, -0.15) is 0 Å².